The molecule has 18 heavy (non-hydrogen) atoms. The van der Waals surface area contributed by atoms with Gasteiger partial charge < -0.3 is 10.1 Å². The predicted octanol–water partition coefficient (Wildman–Crippen LogP) is 3.38. The summed E-state index contributed by atoms with van der Waals surface area (Å²) in [5, 5.41) is 2.89. The molecule has 1 amide bonds. The Balaban J connectivity index is 2.24. The first-order valence-corrected chi connectivity index (χ1v) is 7.12. The van der Waals surface area contributed by atoms with E-state index < -0.39 is 0 Å². The molecule has 100 valence electrons. The molecule has 0 bridgehead atoms. The van der Waals surface area contributed by atoms with E-state index in [1.165, 1.54) is 0 Å². The molecule has 0 heterocycles. The Labute approximate surface area is 117 Å². The lowest BCUT2D eigenvalue weighted by molar-refractivity contribution is -0.125. The fourth-order valence-electron chi connectivity index (χ4n) is 1.70. The van der Waals surface area contributed by atoms with Crippen molar-refractivity contribution in [3.8, 4) is 5.75 Å². The van der Waals surface area contributed by atoms with Gasteiger partial charge in [-0.15, -0.1) is 0 Å². The number of hydrogen-bond donors (Lipinski definition) is 1. The lowest BCUT2D eigenvalue weighted by Crippen LogP contribution is -2.33. The van der Waals surface area contributed by atoms with E-state index in [9.17, 15) is 4.79 Å². The molecule has 0 saturated carbocycles. The molecule has 0 aliphatic heterocycles. The van der Waals surface area contributed by atoms with Gasteiger partial charge in [-0.05, 0) is 31.0 Å². The molecule has 0 atom stereocenters. The number of amides is 1. The highest BCUT2D eigenvalue weighted by atomic mass is 79.9. The van der Waals surface area contributed by atoms with E-state index in [1.54, 1.807) is 0 Å². The summed E-state index contributed by atoms with van der Waals surface area (Å²) in [5.74, 6) is 1.05. The van der Waals surface area contributed by atoms with Gasteiger partial charge in [-0.25, -0.2) is 0 Å². The average molecular weight is 314 g/mol. The van der Waals surface area contributed by atoms with Crippen molar-refractivity contribution in [3.05, 3.63) is 28.7 Å². The van der Waals surface area contributed by atoms with Crippen LogP contribution in [0.1, 0.15) is 26.7 Å². The third-order valence-electron chi connectivity index (χ3n) is 2.82. The molecule has 0 saturated heterocycles. The van der Waals surface area contributed by atoms with Crippen molar-refractivity contribution in [3.63, 3.8) is 0 Å². The van der Waals surface area contributed by atoms with Crippen LogP contribution in [0.2, 0.25) is 0 Å². The van der Waals surface area contributed by atoms with Crippen molar-refractivity contribution in [2.24, 2.45) is 5.92 Å². The van der Waals surface area contributed by atoms with Crippen LogP contribution in [0.3, 0.4) is 0 Å². The lowest BCUT2D eigenvalue weighted by Gasteiger charge is -2.13. The third kappa shape index (κ3) is 5.08. The number of halogens is 1. The van der Waals surface area contributed by atoms with E-state index in [1.807, 2.05) is 38.1 Å². The van der Waals surface area contributed by atoms with Crippen molar-refractivity contribution in [2.75, 3.05) is 13.2 Å². The maximum atomic E-state index is 11.7. The number of carbonyl (C=O) groups is 1. The Morgan fingerprint density at radius 3 is 2.72 bits per heavy atom. The van der Waals surface area contributed by atoms with Crippen LogP contribution in [0.25, 0.3) is 0 Å². The first kappa shape index (κ1) is 15.0. The molecular weight excluding hydrogens is 294 g/mol. The summed E-state index contributed by atoms with van der Waals surface area (Å²) >= 11 is 3.38. The van der Waals surface area contributed by atoms with Crippen molar-refractivity contribution in [2.45, 2.75) is 26.7 Å². The minimum Gasteiger partial charge on any atom is -0.492 e. The van der Waals surface area contributed by atoms with Crippen LogP contribution in [-0.2, 0) is 4.79 Å². The second-order valence-electron chi connectivity index (χ2n) is 4.11. The third-order valence-corrected chi connectivity index (χ3v) is 3.32. The first-order chi connectivity index (χ1) is 8.67. The van der Waals surface area contributed by atoms with E-state index in [0.717, 1.165) is 23.1 Å². The van der Waals surface area contributed by atoms with E-state index in [4.69, 9.17) is 4.74 Å². The van der Waals surface area contributed by atoms with Gasteiger partial charge in [-0.3, -0.25) is 4.79 Å². The molecule has 1 N–H and O–H groups in total. The van der Waals surface area contributed by atoms with Gasteiger partial charge in [0.2, 0.25) is 5.91 Å². The van der Waals surface area contributed by atoms with Crippen LogP contribution in [0.4, 0.5) is 0 Å². The van der Waals surface area contributed by atoms with Gasteiger partial charge in [-0.2, -0.15) is 0 Å². The predicted molar refractivity (Wildman–Crippen MR) is 76.7 cm³/mol. The number of nitrogens with one attached hydrogen (secondary N) is 1. The van der Waals surface area contributed by atoms with Gasteiger partial charge in [0.1, 0.15) is 12.4 Å². The van der Waals surface area contributed by atoms with Gasteiger partial charge >= 0.3 is 0 Å². The Morgan fingerprint density at radius 1 is 1.39 bits per heavy atom. The standard InChI is InChI=1S/C14H20BrNO2/c1-3-11(4-2)14(17)16-8-9-18-13-7-5-6-12(15)10-13/h5-7,10-11H,3-4,8-9H2,1-2H3,(H,16,17). The zero-order valence-electron chi connectivity index (χ0n) is 10.9. The fourth-order valence-corrected chi connectivity index (χ4v) is 2.08. The van der Waals surface area contributed by atoms with Crippen molar-refractivity contribution in [1.82, 2.24) is 5.32 Å². The van der Waals surface area contributed by atoms with Gasteiger partial charge in [-0.1, -0.05) is 35.8 Å². The van der Waals surface area contributed by atoms with Crippen molar-refractivity contribution < 1.29 is 9.53 Å². The molecule has 0 aliphatic rings. The molecule has 0 unspecified atom stereocenters. The summed E-state index contributed by atoms with van der Waals surface area (Å²) in [5.41, 5.74) is 0. The maximum Gasteiger partial charge on any atom is 0.223 e. The summed E-state index contributed by atoms with van der Waals surface area (Å²) in [4.78, 5) is 11.7. The average Bonchev–Trinajstić information content (AvgIpc) is 2.36. The van der Waals surface area contributed by atoms with Crippen LogP contribution in [0.15, 0.2) is 28.7 Å². The van der Waals surface area contributed by atoms with E-state index in [-0.39, 0.29) is 11.8 Å². The molecule has 0 fully saturated rings. The second-order valence-corrected chi connectivity index (χ2v) is 5.03. The van der Waals surface area contributed by atoms with Crippen molar-refractivity contribution in [1.29, 1.82) is 0 Å². The van der Waals surface area contributed by atoms with Gasteiger partial charge in [0.15, 0.2) is 0 Å². The second kappa shape index (κ2) is 8.14. The Morgan fingerprint density at radius 2 is 2.11 bits per heavy atom. The number of benzene rings is 1. The largest absolute Gasteiger partial charge is 0.492 e. The smallest absolute Gasteiger partial charge is 0.223 e. The summed E-state index contributed by atoms with van der Waals surface area (Å²) in [6, 6.07) is 7.67. The van der Waals surface area contributed by atoms with Gasteiger partial charge in [0, 0.05) is 10.4 Å². The monoisotopic (exact) mass is 313 g/mol. The quantitative estimate of drug-likeness (QED) is 0.784. The fraction of sp³-hybridized carbons (Fsp3) is 0.500. The molecule has 0 aliphatic carbocycles. The highest BCUT2D eigenvalue weighted by Crippen LogP contribution is 2.17. The number of rotatable bonds is 7. The first-order valence-electron chi connectivity index (χ1n) is 6.33. The van der Waals surface area contributed by atoms with Crippen LogP contribution in [0, 0.1) is 5.92 Å². The molecule has 1 aromatic carbocycles. The lowest BCUT2D eigenvalue weighted by atomic mass is 10.0. The minimum atomic E-state index is 0.121. The Hall–Kier alpha value is -1.03. The zero-order valence-corrected chi connectivity index (χ0v) is 12.5. The van der Waals surface area contributed by atoms with Gasteiger partial charge in [0.25, 0.3) is 0 Å². The summed E-state index contributed by atoms with van der Waals surface area (Å²) in [7, 11) is 0. The van der Waals surface area contributed by atoms with Crippen LogP contribution in [-0.4, -0.2) is 19.1 Å². The van der Waals surface area contributed by atoms with E-state index in [2.05, 4.69) is 21.2 Å². The highest BCUT2D eigenvalue weighted by Gasteiger charge is 2.12. The molecule has 1 rings (SSSR count). The molecular formula is C14H20BrNO2. The van der Waals surface area contributed by atoms with E-state index >= 15 is 0 Å². The summed E-state index contributed by atoms with van der Waals surface area (Å²) in [6.07, 6.45) is 1.77. The molecule has 1 aromatic rings. The normalized spacial score (nSPS) is 10.4. The maximum absolute atomic E-state index is 11.7. The van der Waals surface area contributed by atoms with E-state index in [0.29, 0.717) is 13.2 Å². The number of ether oxygens (including phenoxy) is 1. The zero-order chi connectivity index (χ0) is 13.4. The SMILES string of the molecule is CCC(CC)C(=O)NCCOc1cccc(Br)c1. The minimum absolute atomic E-state index is 0.121. The van der Waals surface area contributed by atoms with Crippen LogP contribution in [0.5, 0.6) is 5.75 Å². The molecule has 0 radical (unpaired) electrons. The van der Waals surface area contributed by atoms with Crippen LogP contribution < -0.4 is 10.1 Å². The van der Waals surface area contributed by atoms with Crippen LogP contribution >= 0.6 is 15.9 Å². The number of hydrogen-bond acceptors (Lipinski definition) is 2. The molecule has 3 nitrogen and oxygen atoms in total. The van der Waals surface area contributed by atoms with Gasteiger partial charge in [0.05, 0.1) is 6.54 Å². The number of carbonyl (C=O) groups excluding carboxylic acids is 1. The summed E-state index contributed by atoms with van der Waals surface area (Å²) in [6.45, 7) is 5.10. The highest BCUT2D eigenvalue weighted by molar-refractivity contribution is 9.10. The summed E-state index contributed by atoms with van der Waals surface area (Å²) < 4.78 is 6.53. The topological polar surface area (TPSA) is 38.3 Å². The molecule has 0 spiro atoms. The Bertz CT molecular complexity index is 378. The molecule has 0 aromatic heterocycles. The molecule has 4 heteroatoms. The Kier molecular flexibility index (Phi) is 6.80. The van der Waals surface area contributed by atoms with Crippen molar-refractivity contribution >= 4 is 21.8 Å².